The Bertz CT molecular complexity index is 1150. The molecule has 0 radical (unpaired) electrons. The van der Waals surface area contributed by atoms with Crippen molar-refractivity contribution in [1.29, 1.82) is 5.41 Å². The van der Waals surface area contributed by atoms with E-state index in [1.54, 1.807) is 30.0 Å². The van der Waals surface area contributed by atoms with E-state index in [0.29, 0.717) is 42.8 Å². The Labute approximate surface area is 175 Å². The summed E-state index contributed by atoms with van der Waals surface area (Å²) in [5.41, 5.74) is 0.893. The highest BCUT2D eigenvalue weighted by atomic mass is 16.5. The molecule has 0 aliphatic carbocycles. The largest absolute Gasteiger partial charge is 0.385 e. The Morgan fingerprint density at radius 3 is 2.83 bits per heavy atom. The van der Waals surface area contributed by atoms with Gasteiger partial charge in [0.1, 0.15) is 16.8 Å². The van der Waals surface area contributed by atoms with Crippen LogP contribution in [0.4, 0.5) is 0 Å². The number of rotatable bonds is 10. The molecule has 3 aromatic rings. The summed E-state index contributed by atoms with van der Waals surface area (Å²) in [6.45, 7) is 3.62. The van der Waals surface area contributed by atoms with Crippen LogP contribution >= 0.6 is 0 Å². The van der Waals surface area contributed by atoms with Gasteiger partial charge in [0, 0.05) is 33.0 Å². The van der Waals surface area contributed by atoms with Crippen LogP contribution in [0.25, 0.3) is 16.7 Å². The number of hydrogen-bond acceptors (Lipinski definition) is 5. The molecule has 30 heavy (non-hydrogen) atoms. The molecule has 8 heteroatoms. The van der Waals surface area contributed by atoms with E-state index in [1.165, 1.54) is 10.5 Å². The number of nitrogens with one attached hydrogen (secondary N) is 2. The van der Waals surface area contributed by atoms with Crippen molar-refractivity contribution in [1.82, 2.24) is 19.3 Å². The number of methoxy groups -OCH3 is 1. The first kappa shape index (κ1) is 21.7. The van der Waals surface area contributed by atoms with Gasteiger partial charge in [-0.2, -0.15) is 0 Å². The van der Waals surface area contributed by atoms with Crippen LogP contribution in [0.1, 0.15) is 49.4 Å². The zero-order valence-corrected chi connectivity index (χ0v) is 17.6. The molecule has 3 heterocycles. The van der Waals surface area contributed by atoms with Gasteiger partial charge in [0.25, 0.3) is 11.5 Å². The van der Waals surface area contributed by atoms with Gasteiger partial charge in [0.2, 0.25) is 0 Å². The second-order valence-electron chi connectivity index (χ2n) is 7.30. The smallest absolute Gasteiger partial charge is 0.267 e. The molecule has 1 amide bonds. The third-order valence-corrected chi connectivity index (χ3v) is 5.11. The molecular formula is C22H29N5O3. The van der Waals surface area contributed by atoms with E-state index < -0.39 is 0 Å². The van der Waals surface area contributed by atoms with E-state index in [2.05, 4.69) is 17.2 Å². The lowest BCUT2D eigenvalue weighted by atomic mass is 10.1. The molecule has 0 saturated carbocycles. The molecule has 0 bridgehead atoms. The Hall–Kier alpha value is -3.00. The second kappa shape index (κ2) is 10.2. The number of nitrogens with zero attached hydrogens (tertiary/aromatic N) is 3. The van der Waals surface area contributed by atoms with Gasteiger partial charge in [-0.25, -0.2) is 4.98 Å². The minimum atomic E-state index is -0.337. The molecule has 8 nitrogen and oxygen atoms in total. The van der Waals surface area contributed by atoms with E-state index in [9.17, 15) is 9.59 Å². The number of aromatic nitrogens is 3. The summed E-state index contributed by atoms with van der Waals surface area (Å²) in [4.78, 5) is 30.5. The average molecular weight is 412 g/mol. The molecule has 0 fully saturated rings. The molecule has 0 saturated heterocycles. The summed E-state index contributed by atoms with van der Waals surface area (Å²) in [7, 11) is 1.62. The number of aryl methyl sites for hydroxylation is 1. The molecule has 0 aliphatic rings. The fourth-order valence-corrected chi connectivity index (χ4v) is 3.49. The van der Waals surface area contributed by atoms with Crippen molar-refractivity contribution in [2.45, 2.75) is 45.6 Å². The topological polar surface area (TPSA) is 101 Å². The third kappa shape index (κ3) is 4.59. The number of unbranched alkanes of at least 4 members (excludes halogenated alkanes) is 3. The van der Waals surface area contributed by atoms with Crippen LogP contribution < -0.4 is 16.4 Å². The average Bonchev–Trinajstić information content (AvgIpc) is 2.75. The maximum absolute atomic E-state index is 13.1. The predicted octanol–water partition coefficient (Wildman–Crippen LogP) is 2.48. The Balaban J connectivity index is 2.06. The number of ether oxygens (including phenoxy) is 1. The van der Waals surface area contributed by atoms with Crippen molar-refractivity contribution >= 4 is 22.6 Å². The monoisotopic (exact) mass is 411 g/mol. The van der Waals surface area contributed by atoms with Crippen molar-refractivity contribution < 1.29 is 9.53 Å². The molecule has 0 aromatic carbocycles. The molecule has 3 rings (SSSR count). The van der Waals surface area contributed by atoms with Gasteiger partial charge >= 0.3 is 0 Å². The first-order chi connectivity index (χ1) is 14.6. The summed E-state index contributed by atoms with van der Waals surface area (Å²) < 4.78 is 8.22. The van der Waals surface area contributed by atoms with E-state index in [1.807, 2.05) is 6.07 Å². The van der Waals surface area contributed by atoms with Gasteiger partial charge in [0.15, 0.2) is 0 Å². The number of carbonyl (C=O) groups is 1. The van der Waals surface area contributed by atoms with Crippen LogP contribution in [0.3, 0.4) is 0 Å². The zero-order chi connectivity index (χ0) is 21.5. The minimum absolute atomic E-state index is 0.0526. The van der Waals surface area contributed by atoms with E-state index in [4.69, 9.17) is 10.1 Å². The number of pyridine rings is 2. The Morgan fingerprint density at radius 1 is 1.23 bits per heavy atom. The number of fused-ring (bicyclic) bond motifs is 2. The molecular weight excluding hydrogens is 382 g/mol. The summed E-state index contributed by atoms with van der Waals surface area (Å²) in [5, 5.41) is 11.8. The van der Waals surface area contributed by atoms with Crippen molar-refractivity contribution in [3.8, 4) is 0 Å². The van der Waals surface area contributed by atoms with Gasteiger partial charge < -0.3 is 14.6 Å². The fraction of sp³-hybridized carbons (Fsp3) is 0.455. The first-order valence-corrected chi connectivity index (χ1v) is 10.4. The second-order valence-corrected chi connectivity index (χ2v) is 7.30. The summed E-state index contributed by atoms with van der Waals surface area (Å²) in [6, 6.07) is 6.82. The number of amides is 1. The lowest BCUT2D eigenvalue weighted by Crippen LogP contribution is -2.35. The van der Waals surface area contributed by atoms with Crippen molar-refractivity contribution in [3.05, 3.63) is 51.9 Å². The predicted molar refractivity (Wildman–Crippen MR) is 116 cm³/mol. The highest BCUT2D eigenvalue weighted by Crippen LogP contribution is 2.11. The summed E-state index contributed by atoms with van der Waals surface area (Å²) in [6.07, 6.45) is 6.49. The SMILES string of the molecule is CCCCCCNC(=O)c1cc2c(=O)n3ccccc3nc2n(CCCOC)c1=N. The van der Waals surface area contributed by atoms with Crippen LogP contribution in [0, 0.1) is 5.41 Å². The van der Waals surface area contributed by atoms with Gasteiger partial charge in [-0.15, -0.1) is 0 Å². The fourth-order valence-electron chi connectivity index (χ4n) is 3.49. The molecule has 0 atom stereocenters. The normalized spacial score (nSPS) is 11.3. The molecule has 0 aliphatic heterocycles. The molecule has 0 spiro atoms. The number of hydrogen-bond donors (Lipinski definition) is 2. The van der Waals surface area contributed by atoms with Gasteiger partial charge in [-0.05, 0) is 31.0 Å². The standard InChI is InChI=1S/C22H29N5O3/c1-3-4-5-7-11-24-21(28)16-15-17-20(27(19(16)23)13-9-14-30-2)25-18-10-6-8-12-26(18)22(17)29/h6,8,10,12,15,23H,3-5,7,9,11,13-14H2,1-2H3,(H,24,28). The molecule has 3 aromatic heterocycles. The summed E-state index contributed by atoms with van der Waals surface area (Å²) >= 11 is 0. The van der Waals surface area contributed by atoms with Crippen LogP contribution in [-0.4, -0.2) is 40.1 Å². The highest BCUT2D eigenvalue weighted by molar-refractivity contribution is 5.96. The van der Waals surface area contributed by atoms with Gasteiger partial charge in [0.05, 0.1) is 10.9 Å². The first-order valence-electron chi connectivity index (χ1n) is 10.4. The molecule has 160 valence electrons. The van der Waals surface area contributed by atoms with Crippen LogP contribution in [-0.2, 0) is 11.3 Å². The van der Waals surface area contributed by atoms with Crippen LogP contribution in [0.5, 0.6) is 0 Å². The molecule has 0 unspecified atom stereocenters. The lowest BCUT2D eigenvalue weighted by Gasteiger charge is -2.14. The summed E-state index contributed by atoms with van der Waals surface area (Å²) in [5.74, 6) is -0.337. The van der Waals surface area contributed by atoms with Crippen molar-refractivity contribution in [3.63, 3.8) is 0 Å². The maximum atomic E-state index is 13.1. The van der Waals surface area contributed by atoms with Crippen LogP contribution in [0.2, 0.25) is 0 Å². The Kier molecular flexibility index (Phi) is 7.35. The van der Waals surface area contributed by atoms with E-state index in [-0.39, 0.29) is 22.5 Å². The third-order valence-electron chi connectivity index (χ3n) is 5.11. The minimum Gasteiger partial charge on any atom is -0.385 e. The number of carbonyl (C=O) groups excluding carboxylic acids is 1. The van der Waals surface area contributed by atoms with E-state index >= 15 is 0 Å². The quantitative estimate of drug-likeness (QED) is 0.395. The Morgan fingerprint density at radius 2 is 2.07 bits per heavy atom. The highest BCUT2D eigenvalue weighted by Gasteiger charge is 2.17. The van der Waals surface area contributed by atoms with Crippen molar-refractivity contribution in [2.24, 2.45) is 0 Å². The van der Waals surface area contributed by atoms with Crippen molar-refractivity contribution in [2.75, 3.05) is 20.3 Å². The van der Waals surface area contributed by atoms with Crippen LogP contribution in [0.15, 0.2) is 35.3 Å². The van der Waals surface area contributed by atoms with Gasteiger partial charge in [-0.1, -0.05) is 32.3 Å². The maximum Gasteiger partial charge on any atom is 0.267 e. The molecule has 2 N–H and O–H groups in total. The van der Waals surface area contributed by atoms with E-state index in [0.717, 1.165) is 25.7 Å². The van der Waals surface area contributed by atoms with Gasteiger partial charge in [-0.3, -0.25) is 19.4 Å². The zero-order valence-electron chi connectivity index (χ0n) is 17.6. The lowest BCUT2D eigenvalue weighted by molar-refractivity contribution is 0.0950.